The molecule has 0 aliphatic heterocycles. The number of benzene rings is 3. The summed E-state index contributed by atoms with van der Waals surface area (Å²) in [7, 11) is 0. The van der Waals surface area contributed by atoms with Crippen molar-refractivity contribution in [3.05, 3.63) is 101 Å². The predicted molar refractivity (Wildman–Crippen MR) is 137 cm³/mol. The van der Waals surface area contributed by atoms with Crippen molar-refractivity contribution in [1.82, 2.24) is 0 Å². The van der Waals surface area contributed by atoms with Crippen LogP contribution < -0.4 is 9.47 Å². The van der Waals surface area contributed by atoms with Crippen LogP contribution in [0.15, 0.2) is 88.7 Å². The van der Waals surface area contributed by atoms with Crippen molar-refractivity contribution in [2.24, 2.45) is 0 Å². The number of ether oxygens (including phenoxy) is 2. The number of carbonyl (C=O) groups is 2. The summed E-state index contributed by atoms with van der Waals surface area (Å²) in [6, 6.07) is 15.9. The summed E-state index contributed by atoms with van der Waals surface area (Å²) in [6.45, 7) is 12.8. The zero-order valence-electron chi connectivity index (χ0n) is 19.6. The molecule has 1 aliphatic carbocycles. The third-order valence-electron chi connectivity index (χ3n) is 5.57. The van der Waals surface area contributed by atoms with Crippen molar-refractivity contribution in [3.8, 4) is 11.5 Å². The SMILES string of the molecule is C=C(C)C(=O)Oc1c2c(c(OC(=O)C(=C)C)c3ccccc13)CC(Sc1ccc(C)cc1)=CC2. The maximum Gasteiger partial charge on any atom is 0.338 e. The smallest absolute Gasteiger partial charge is 0.338 e. The molecule has 0 amide bonds. The van der Waals surface area contributed by atoms with E-state index < -0.39 is 11.9 Å². The topological polar surface area (TPSA) is 52.6 Å². The van der Waals surface area contributed by atoms with Crippen molar-refractivity contribution in [1.29, 1.82) is 0 Å². The molecule has 0 radical (unpaired) electrons. The van der Waals surface area contributed by atoms with E-state index in [-0.39, 0.29) is 0 Å². The van der Waals surface area contributed by atoms with Gasteiger partial charge >= 0.3 is 11.9 Å². The summed E-state index contributed by atoms with van der Waals surface area (Å²) in [5, 5.41) is 1.42. The van der Waals surface area contributed by atoms with Gasteiger partial charge in [0.05, 0.1) is 0 Å². The molecule has 172 valence electrons. The minimum absolute atomic E-state index is 0.316. The molecule has 1 aliphatic rings. The summed E-state index contributed by atoms with van der Waals surface area (Å²) >= 11 is 1.68. The van der Waals surface area contributed by atoms with Crippen LogP contribution in [0.2, 0.25) is 0 Å². The average Bonchev–Trinajstić information content (AvgIpc) is 2.82. The Balaban J connectivity index is 1.85. The Morgan fingerprint density at radius 2 is 1.35 bits per heavy atom. The van der Waals surface area contributed by atoms with Gasteiger partial charge in [0.1, 0.15) is 11.5 Å². The monoisotopic (exact) mass is 470 g/mol. The van der Waals surface area contributed by atoms with Gasteiger partial charge in [0, 0.05) is 44.4 Å². The number of carbonyl (C=O) groups excluding carboxylic acids is 2. The van der Waals surface area contributed by atoms with E-state index in [1.54, 1.807) is 25.6 Å². The van der Waals surface area contributed by atoms with Crippen LogP contribution in [0.5, 0.6) is 11.5 Å². The highest BCUT2D eigenvalue weighted by Crippen LogP contribution is 2.46. The van der Waals surface area contributed by atoms with Crippen molar-refractivity contribution in [3.63, 3.8) is 0 Å². The molecule has 0 aromatic heterocycles. The van der Waals surface area contributed by atoms with Gasteiger partial charge < -0.3 is 9.47 Å². The molecule has 0 heterocycles. The van der Waals surface area contributed by atoms with Crippen molar-refractivity contribution in [2.75, 3.05) is 0 Å². The minimum atomic E-state index is -0.485. The average molecular weight is 471 g/mol. The second kappa shape index (κ2) is 9.74. The molecule has 0 saturated carbocycles. The van der Waals surface area contributed by atoms with Gasteiger partial charge in [-0.3, -0.25) is 0 Å². The molecule has 3 aromatic rings. The lowest BCUT2D eigenvalue weighted by Gasteiger charge is -2.24. The highest BCUT2D eigenvalue weighted by atomic mass is 32.2. The molecule has 0 atom stereocenters. The van der Waals surface area contributed by atoms with Crippen LogP contribution >= 0.6 is 11.8 Å². The summed E-state index contributed by atoms with van der Waals surface area (Å²) in [6.07, 6.45) is 3.24. The first kappa shape index (κ1) is 23.6. The van der Waals surface area contributed by atoms with Crippen molar-refractivity contribution >= 4 is 34.5 Å². The zero-order chi connectivity index (χ0) is 24.4. The van der Waals surface area contributed by atoms with Gasteiger partial charge in [-0.1, -0.05) is 73.0 Å². The van der Waals surface area contributed by atoms with Gasteiger partial charge in [0.15, 0.2) is 0 Å². The molecule has 34 heavy (non-hydrogen) atoms. The first-order chi connectivity index (χ1) is 16.2. The number of thioether (sulfide) groups is 1. The number of fused-ring (bicyclic) bond motifs is 2. The molecule has 0 unspecified atom stereocenters. The Hall–Kier alpha value is -3.57. The number of aryl methyl sites for hydroxylation is 1. The molecule has 0 spiro atoms. The molecule has 4 rings (SSSR count). The lowest BCUT2D eigenvalue weighted by molar-refractivity contribution is -0.131. The van der Waals surface area contributed by atoms with E-state index in [4.69, 9.17) is 9.47 Å². The minimum Gasteiger partial charge on any atom is -0.422 e. The molecule has 3 aromatic carbocycles. The van der Waals surface area contributed by atoms with Crippen LogP contribution in [0.25, 0.3) is 10.8 Å². The van der Waals surface area contributed by atoms with E-state index >= 15 is 0 Å². The summed E-state index contributed by atoms with van der Waals surface area (Å²) < 4.78 is 11.7. The lowest BCUT2D eigenvalue weighted by atomic mass is 9.90. The number of rotatable bonds is 6. The fourth-order valence-electron chi connectivity index (χ4n) is 3.77. The molecule has 0 N–H and O–H groups in total. The standard InChI is InChI=1S/C29H26O4S/c1-17(2)28(30)32-26-22-8-6-7-9-23(22)27(33-29(31)18(3)4)25-16-21(14-15-24(25)26)34-20-12-10-19(5)11-13-20/h6-14H,1,3,15-16H2,2,4-5H3. The van der Waals surface area contributed by atoms with Crippen molar-refractivity contribution in [2.45, 2.75) is 38.5 Å². The molecular formula is C29H26O4S. The molecule has 0 bridgehead atoms. The number of allylic oxidation sites excluding steroid dienone is 2. The Morgan fingerprint density at radius 1 is 0.824 bits per heavy atom. The highest BCUT2D eigenvalue weighted by Gasteiger charge is 2.27. The molecular weight excluding hydrogens is 444 g/mol. The number of hydrogen-bond donors (Lipinski definition) is 0. The van der Waals surface area contributed by atoms with Gasteiger partial charge in [-0.25, -0.2) is 9.59 Å². The van der Waals surface area contributed by atoms with E-state index in [2.05, 4.69) is 50.4 Å². The summed E-state index contributed by atoms with van der Waals surface area (Å²) in [4.78, 5) is 27.3. The second-order valence-electron chi connectivity index (χ2n) is 8.47. The quantitative estimate of drug-likeness (QED) is 0.223. The Morgan fingerprint density at radius 3 is 1.88 bits per heavy atom. The van der Waals surface area contributed by atoms with Gasteiger partial charge in [-0.15, -0.1) is 0 Å². The Labute approximate surface area is 204 Å². The van der Waals surface area contributed by atoms with Crippen LogP contribution in [-0.4, -0.2) is 11.9 Å². The van der Waals surface area contributed by atoms with Crippen molar-refractivity contribution < 1.29 is 19.1 Å². The van der Waals surface area contributed by atoms with E-state index in [0.717, 1.165) is 20.9 Å². The number of hydrogen-bond acceptors (Lipinski definition) is 5. The van der Waals surface area contributed by atoms with Gasteiger partial charge in [0.25, 0.3) is 0 Å². The van der Waals surface area contributed by atoms with Gasteiger partial charge in [0.2, 0.25) is 0 Å². The normalized spacial score (nSPS) is 12.5. The van der Waals surface area contributed by atoms with E-state index in [1.807, 2.05) is 24.3 Å². The third kappa shape index (κ3) is 4.85. The zero-order valence-corrected chi connectivity index (χ0v) is 20.4. The van der Waals surface area contributed by atoms with E-state index in [1.165, 1.54) is 5.56 Å². The lowest BCUT2D eigenvalue weighted by Crippen LogP contribution is -2.16. The fourth-order valence-corrected chi connectivity index (χ4v) is 4.73. The van der Waals surface area contributed by atoms with Crippen LogP contribution in [0, 0.1) is 6.92 Å². The third-order valence-corrected chi connectivity index (χ3v) is 6.65. The first-order valence-corrected chi connectivity index (χ1v) is 11.8. The van der Waals surface area contributed by atoms with E-state index in [0.29, 0.717) is 46.3 Å². The highest BCUT2D eigenvalue weighted by molar-refractivity contribution is 8.03. The molecule has 0 saturated heterocycles. The molecule has 0 fully saturated rings. The Kier molecular flexibility index (Phi) is 6.75. The summed E-state index contributed by atoms with van der Waals surface area (Å²) in [5.74, 6) is 0.0114. The first-order valence-electron chi connectivity index (χ1n) is 11.0. The second-order valence-corrected chi connectivity index (χ2v) is 9.67. The van der Waals surface area contributed by atoms with Gasteiger partial charge in [-0.05, 0) is 44.2 Å². The van der Waals surface area contributed by atoms with Crippen LogP contribution in [-0.2, 0) is 22.4 Å². The molecule has 4 nitrogen and oxygen atoms in total. The predicted octanol–water partition coefficient (Wildman–Crippen LogP) is 6.89. The maximum atomic E-state index is 12.6. The van der Waals surface area contributed by atoms with Crippen LogP contribution in [0.1, 0.15) is 30.5 Å². The van der Waals surface area contributed by atoms with Gasteiger partial charge in [-0.2, -0.15) is 0 Å². The maximum absolute atomic E-state index is 12.6. The largest absolute Gasteiger partial charge is 0.422 e. The summed E-state index contributed by atoms with van der Waals surface area (Å²) in [5.41, 5.74) is 3.52. The van der Waals surface area contributed by atoms with Crippen LogP contribution in [0.3, 0.4) is 0 Å². The molecule has 5 heteroatoms. The number of esters is 2. The Bertz CT molecular complexity index is 1360. The fraction of sp³-hybridized carbons (Fsp3) is 0.172. The van der Waals surface area contributed by atoms with E-state index in [9.17, 15) is 9.59 Å². The van der Waals surface area contributed by atoms with Crippen LogP contribution in [0.4, 0.5) is 0 Å².